The lowest BCUT2D eigenvalue weighted by atomic mass is 10.1. The van der Waals surface area contributed by atoms with Crippen molar-refractivity contribution in [1.82, 2.24) is 10.2 Å². The Bertz CT molecular complexity index is 750. The molecular weight excluding hydrogens is 408 g/mol. The topological polar surface area (TPSA) is 100 Å². The molecule has 1 aromatic heterocycles. The van der Waals surface area contributed by atoms with Gasteiger partial charge in [-0.2, -0.15) is 0 Å². The zero-order valence-electron chi connectivity index (χ0n) is 15.6. The number of hydrogen-bond donors (Lipinski definition) is 3. The minimum Gasteiger partial charge on any atom is -0.388 e. The highest BCUT2D eigenvalue weighted by atomic mass is 32.1. The van der Waals surface area contributed by atoms with Crippen molar-refractivity contribution in [1.29, 1.82) is 0 Å². The maximum atomic E-state index is 13.3. The molecule has 8 nitrogen and oxygen atoms in total. The number of thiophene rings is 1. The van der Waals surface area contributed by atoms with Gasteiger partial charge in [0.1, 0.15) is 18.3 Å². The van der Waals surface area contributed by atoms with Gasteiger partial charge < -0.3 is 24.8 Å². The third-order valence-corrected chi connectivity index (χ3v) is 6.21. The molecule has 0 aliphatic carbocycles. The molecule has 4 rings (SSSR count). The molecule has 0 spiro atoms. The molecule has 3 aliphatic heterocycles. The fraction of sp³-hybridized carbons (Fsp3) is 0.667. The highest BCUT2D eigenvalue weighted by molar-refractivity contribution is 7.14. The molecular formula is C18H23F2N3O5S. The molecule has 4 heterocycles. The van der Waals surface area contributed by atoms with E-state index in [2.05, 4.69) is 10.6 Å². The van der Waals surface area contributed by atoms with Crippen molar-refractivity contribution in [2.75, 3.05) is 25.0 Å². The molecule has 5 unspecified atom stereocenters. The normalized spacial score (nSPS) is 32.9. The van der Waals surface area contributed by atoms with Crippen molar-refractivity contribution in [3.05, 3.63) is 17.5 Å². The molecule has 11 heteroatoms. The molecule has 0 aromatic carbocycles. The Kier molecular flexibility index (Phi) is 5.74. The molecule has 0 radical (unpaired) electrons. The zero-order valence-corrected chi connectivity index (χ0v) is 16.4. The van der Waals surface area contributed by atoms with Gasteiger partial charge in [0, 0.05) is 25.9 Å². The van der Waals surface area contributed by atoms with Crippen LogP contribution in [0.15, 0.2) is 17.5 Å². The average molecular weight is 431 g/mol. The smallest absolute Gasteiger partial charge is 0.319 e. The van der Waals surface area contributed by atoms with E-state index in [9.17, 15) is 23.5 Å². The number of urea groups is 1. The Morgan fingerprint density at radius 2 is 2.21 bits per heavy atom. The summed E-state index contributed by atoms with van der Waals surface area (Å²) in [6, 6.07) is 3.19. The van der Waals surface area contributed by atoms with Crippen LogP contribution in [-0.2, 0) is 14.3 Å². The number of hydrogen-bond acceptors (Lipinski definition) is 6. The summed E-state index contributed by atoms with van der Waals surface area (Å²) in [6.07, 6.45) is -2.95. The van der Waals surface area contributed by atoms with Gasteiger partial charge in [0.25, 0.3) is 5.92 Å². The molecule has 3 saturated heterocycles. The monoisotopic (exact) mass is 431 g/mol. The second kappa shape index (κ2) is 8.13. The average Bonchev–Trinajstić information content (AvgIpc) is 3.41. The first-order valence-electron chi connectivity index (χ1n) is 9.54. The highest BCUT2D eigenvalue weighted by Gasteiger charge is 2.51. The minimum atomic E-state index is -2.82. The van der Waals surface area contributed by atoms with E-state index in [1.165, 1.54) is 11.3 Å². The minimum absolute atomic E-state index is 0.00863. The predicted molar refractivity (Wildman–Crippen MR) is 100 cm³/mol. The molecule has 1 aromatic rings. The number of anilines is 1. The number of nitrogens with zero attached hydrogens (tertiary/aromatic N) is 1. The molecule has 3 N–H and O–H groups in total. The van der Waals surface area contributed by atoms with Gasteiger partial charge >= 0.3 is 6.03 Å². The van der Waals surface area contributed by atoms with E-state index in [1.807, 2.05) is 11.4 Å². The van der Waals surface area contributed by atoms with E-state index in [0.717, 1.165) is 4.90 Å². The lowest BCUT2D eigenvalue weighted by Gasteiger charge is -2.22. The molecule has 0 saturated carbocycles. The number of alkyl halides is 2. The van der Waals surface area contributed by atoms with Crippen LogP contribution in [0.2, 0.25) is 0 Å². The van der Waals surface area contributed by atoms with Crippen molar-refractivity contribution >= 4 is 28.3 Å². The van der Waals surface area contributed by atoms with E-state index in [1.54, 1.807) is 6.07 Å². The lowest BCUT2D eigenvalue weighted by molar-refractivity contribution is -0.135. The number of carbonyl (C=O) groups excluding carboxylic acids is 2. The number of ether oxygens (including phenoxy) is 2. The zero-order chi connectivity index (χ0) is 20.6. The summed E-state index contributed by atoms with van der Waals surface area (Å²) in [4.78, 5) is 25.3. The Labute approximate surface area is 170 Å². The predicted octanol–water partition coefficient (Wildman–Crippen LogP) is 1.41. The molecule has 160 valence electrons. The SMILES string of the molecule is O=C(NCC1OC2CC(CC(=O)N3CCC(F)(F)C3)OC2C1O)Nc1cccs1. The van der Waals surface area contributed by atoms with Gasteiger partial charge in [-0.25, -0.2) is 13.6 Å². The summed E-state index contributed by atoms with van der Waals surface area (Å²) in [5.41, 5.74) is 0. The first kappa shape index (κ1) is 20.5. The number of carbonyl (C=O) groups is 2. The fourth-order valence-corrected chi connectivity index (χ4v) is 4.59. The van der Waals surface area contributed by atoms with Crippen LogP contribution in [0.5, 0.6) is 0 Å². The molecule has 3 amide bonds. The highest BCUT2D eigenvalue weighted by Crippen LogP contribution is 2.36. The quantitative estimate of drug-likeness (QED) is 0.655. The summed E-state index contributed by atoms with van der Waals surface area (Å²) in [6.45, 7) is -0.390. The van der Waals surface area contributed by atoms with E-state index >= 15 is 0 Å². The van der Waals surface area contributed by atoms with Gasteiger partial charge in [0.15, 0.2) is 0 Å². The van der Waals surface area contributed by atoms with Crippen molar-refractivity contribution in [2.45, 2.75) is 55.7 Å². The second-order valence-electron chi connectivity index (χ2n) is 7.60. The van der Waals surface area contributed by atoms with Crippen LogP contribution in [0.3, 0.4) is 0 Å². The van der Waals surface area contributed by atoms with Gasteiger partial charge in [0.05, 0.1) is 30.2 Å². The Morgan fingerprint density at radius 3 is 2.86 bits per heavy atom. The third kappa shape index (κ3) is 4.68. The van der Waals surface area contributed by atoms with E-state index in [0.29, 0.717) is 11.4 Å². The van der Waals surface area contributed by atoms with Crippen LogP contribution >= 0.6 is 11.3 Å². The van der Waals surface area contributed by atoms with Crippen molar-refractivity contribution in [2.24, 2.45) is 0 Å². The van der Waals surface area contributed by atoms with Crippen molar-refractivity contribution in [3.8, 4) is 0 Å². The maximum absolute atomic E-state index is 13.3. The standard InChI is InChI=1S/C18H23F2N3O5S/c19-18(20)3-4-23(9-18)14(24)7-10-6-11-16(27-10)15(25)12(28-11)8-21-17(26)22-13-2-1-5-29-13/h1-2,5,10-12,15-16,25H,3-4,6-9H2,(H2,21,22,26). The van der Waals surface area contributed by atoms with Gasteiger partial charge in [-0.3, -0.25) is 10.1 Å². The fourth-order valence-electron chi connectivity index (χ4n) is 3.98. The van der Waals surface area contributed by atoms with Gasteiger partial charge in [-0.15, -0.1) is 11.3 Å². The Morgan fingerprint density at radius 1 is 1.38 bits per heavy atom. The lowest BCUT2D eigenvalue weighted by Crippen LogP contribution is -2.42. The molecule has 5 atom stereocenters. The van der Waals surface area contributed by atoms with Crippen molar-refractivity contribution in [3.63, 3.8) is 0 Å². The summed E-state index contributed by atoms with van der Waals surface area (Å²) in [5, 5.41) is 18.3. The molecule has 29 heavy (non-hydrogen) atoms. The molecule has 3 fully saturated rings. The summed E-state index contributed by atoms with van der Waals surface area (Å²) in [7, 11) is 0. The van der Waals surface area contributed by atoms with Crippen LogP contribution in [0.1, 0.15) is 19.3 Å². The number of rotatable bonds is 5. The van der Waals surface area contributed by atoms with Gasteiger partial charge in [-0.05, 0) is 17.5 Å². The van der Waals surface area contributed by atoms with Gasteiger partial charge in [-0.1, -0.05) is 0 Å². The van der Waals surface area contributed by atoms with Crippen LogP contribution in [-0.4, -0.2) is 78.0 Å². The number of aliphatic hydroxyl groups is 1. The summed E-state index contributed by atoms with van der Waals surface area (Å²) in [5.74, 6) is -3.19. The molecule has 0 bridgehead atoms. The van der Waals surface area contributed by atoms with Crippen LogP contribution in [0, 0.1) is 0 Å². The number of likely N-dealkylation sites (tertiary alicyclic amines) is 1. The summed E-state index contributed by atoms with van der Waals surface area (Å²) < 4.78 is 38.1. The number of halogens is 2. The summed E-state index contributed by atoms with van der Waals surface area (Å²) >= 11 is 1.39. The van der Waals surface area contributed by atoms with Crippen molar-refractivity contribution < 1.29 is 33.0 Å². The number of amides is 3. The number of fused-ring (bicyclic) bond motifs is 1. The number of nitrogens with one attached hydrogen (secondary N) is 2. The van der Waals surface area contributed by atoms with Crippen LogP contribution in [0.25, 0.3) is 0 Å². The first-order valence-corrected chi connectivity index (χ1v) is 10.4. The maximum Gasteiger partial charge on any atom is 0.319 e. The Balaban J connectivity index is 1.21. The first-order chi connectivity index (χ1) is 13.8. The Hall–Kier alpha value is -1.82. The van der Waals surface area contributed by atoms with Gasteiger partial charge in [0.2, 0.25) is 5.91 Å². The second-order valence-corrected chi connectivity index (χ2v) is 8.55. The van der Waals surface area contributed by atoms with E-state index < -0.39 is 49.0 Å². The molecule has 3 aliphatic rings. The van der Waals surface area contributed by atoms with E-state index in [-0.39, 0.29) is 31.8 Å². The van der Waals surface area contributed by atoms with Crippen LogP contribution in [0.4, 0.5) is 18.6 Å². The third-order valence-electron chi connectivity index (χ3n) is 5.42. The number of aliphatic hydroxyl groups excluding tert-OH is 1. The van der Waals surface area contributed by atoms with Crippen LogP contribution < -0.4 is 10.6 Å². The largest absolute Gasteiger partial charge is 0.388 e. The van der Waals surface area contributed by atoms with E-state index in [4.69, 9.17) is 9.47 Å².